The molecule has 0 radical (unpaired) electrons. The van der Waals surface area contributed by atoms with Crippen molar-refractivity contribution < 1.29 is 19.1 Å². The highest BCUT2D eigenvalue weighted by molar-refractivity contribution is 6.31. The van der Waals surface area contributed by atoms with Gasteiger partial charge < -0.3 is 15.2 Å². The van der Waals surface area contributed by atoms with Crippen LogP contribution in [0.4, 0.5) is 4.79 Å². The number of hydrogen-bond donors (Lipinski definition) is 1. The van der Waals surface area contributed by atoms with E-state index < -0.39 is 24.3 Å². The third-order valence-corrected chi connectivity index (χ3v) is 3.18. The number of cyclic esters (lactones) is 1. The highest BCUT2D eigenvalue weighted by Gasteiger charge is 2.32. The molecule has 1 amide bonds. The van der Waals surface area contributed by atoms with Crippen molar-refractivity contribution in [2.45, 2.75) is 25.6 Å². The summed E-state index contributed by atoms with van der Waals surface area (Å²) in [6.07, 6.45) is -1.69. The van der Waals surface area contributed by atoms with Gasteiger partial charge in [0.05, 0.1) is 5.56 Å². The van der Waals surface area contributed by atoms with E-state index in [0.717, 1.165) is 0 Å². The molecule has 0 saturated heterocycles. The predicted octanol–water partition coefficient (Wildman–Crippen LogP) is 1.91. The predicted molar refractivity (Wildman–Crippen MR) is 64.5 cm³/mol. The normalized spacial score (nSPS) is 19.7. The quantitative estimate of drug-likeness (QED) is 0.832. The number of ether oxygens (including phenoxy) is 2. The van der Waals surface area contributed by atoms with Gasteiger partial charge in [0, 0.05) is 11.4 Å². The summed E-state index contributed by atoms with van der Waals surface area (Å²) in [5.41, 5.74) is 6.09. The van der Waals surface area contributed by atoms with Crippen LogP contribution in [0, 0.1) is 0 Å². The van der Waals surface area contributed by atoms with E-state index >= 15 is 0 Å². The molecule has 0 spiro atoms. The molecule has 0 fully saturated rings. The van der Waals surface area contributed by atoms with Crippen LogP contribution in [-0.4, -0.2) is 24.3 Å². The summed E-state index contributed by atoms with van der Waals surface area (Å²) in [7, 11) is 0. The number of halogens is 1. The molecule has 18 heavy (non-hydrogen) atoms. The van der Waals surface area contributed by atoms with Crippen LogP contribution in [0.1, 0.15) is 22.8 Å². The van der Waals surface area contributed by atoms with Crippen molar-refractivity contribution in [2.75, 3.05) is 0 Å². The molecule has 0 aliphatic carbocycles. The van der Waals surface area contributed by atoms with Crippen LogP contribution in [0.15, 0.2) is 18.2 Å². The third kappa shape index (κ3) is 2.41. The molecule has 0 saturated carbocycles. The van der Waals surface area contributed by atoms with Gasteiger partial charge in [-0.15, -0.1) is 0 Å². The van der Waals surface area contributed by atoms with Crippen molar-refractivity contribution in [2.24, 2.45) is 5.73 Å². The molecule has 1 aromatic carbocycles. The van der Waals surface area contributed by atoms with Crippen molar-refractivity contribution >= 4 is 23.7 Å². The van der Waals surface area contributed by atoms with Gasteiger partial charge in [0.1, 0.15) is 12.2 Å². The van der Waals surface area contributed by atoms with Crippen LogP contribution in [-0.2, 0) is 15.9 Å². The van der Waals surface area contributed by atoms with Gasteiger partial charge in [-0.3, -0.25) is 0 Å². The Bertz CT molecular complexity index is 503. The van der Waals surface area contributed by atoms with Gasteiger partial charge in [0.25, 0.3) is 0 Å². The lowest BCUT2D eigenvalue weighted by atomic mass is 9.96. The molecule has 0 aromatic heterocycles. The maximum absolute atomic E-state index is 11.8. The lowest BCUT2D eigenvalue weighted by molar-refractivity contribution is -0.0216. The maximum Gasteiger partial charge on any atom is 0.404 e. The van der Waals surface area contributed by atoms with Crippen molar-refractivity contribution in [3.8, 4) is 0 Å². The molecule has 1 unspecified atom stereocenters. The Morgan fingerprint density at radius 1 is 1.61 bits per heavy atom. The summed E-state index contributed by atoms with van der Waals surface area (Å²) in [6.45, 7) is 1.62. The number of primary amides is 1. The van der Waals surface area contributed by atoms with E-state index in [-0.39, 0.29) is 0 Å². The standard InChI is InChI=1S/C12H12ClNO4/c1-6(17-12(14)16)10-5-8-7(11(15)18-10)3-2-4-9(8)13/h2-4,6,10H,5H2,1H3,(H2,14,16)/t6-,10?/m0/s1. The van der Waals surface area contributed by atoms with Crippen LogP contribution >= 0.6 is 11.6 Å². The fraction of sp³-hybridized carbons (Fsp3) is 0.333. The molecule has 2 N–H and O–H groups in total. The second-order valence-corrected chi connectivity index (χ2v) is 4.46. The summed E-state index contributed by atoms with van der Waals surface area (Å²) >= 11 is 6.04. The number of hydrogen-bond acceptors (Lipinski definition) is 4. The molecule has 2 atom stereocenters. The first-order valence-electron chi connectivity index (χ1n) is 5.43. The molecular formula is C12H12ClNO4. The number of fused-ring (bicyclic) bond motifs is 1. The zero-order chi connectivity index (χ0) is 13.3. The Morgan fingerprint density at radius 3 is 3.00 bits per heavy atom. The molecule has 1 heterocycles. The first kappa shape index (κ1) is 12.7. The van der Waals surface area contributed by atoms with Crippen molar-refractivity contribution in [3.63, 3.8) is 0 Å². The van der Waals surface area contributed by atoms with Gasteiger partial charge in [-0.2, -0.15) is 0 Å². The second-order valence-electron chi connectivity index (χ2n) is 4.06. The SMILES string of the molecule is C[C@H](OC(N)=O)C1Cc2c(Cl)cccc2C(=O)O1. The largest absolute Gasteiger partial charge is 0.454 e. The van der Waals surface area contributed by atoms with E-state index in [9.17, 15) is 9.59 Å². The van der Waals surface area contributed by atoms with Gasteiger partial charge >= 0.3 is 12.1 Å². The zero-order valence-electron chi connectivity index (χ0n) is 9.68. The molecule has 5 nitrogen and oxygen atoms in total. The summed E-state index contributed by atoms with van der Waals surface area (Å²) in [5, 5.41) is 0.500. The zero-order valence-corrected chi connectivity index (χ0v) is 10.4. The summed E-state index contributed by atoms with van der Waals surface area (Å²) in [6, 6.07) is 5.04. The average Bonchev–Trinajstić information content (AvgIpc) is 2.29. The monoisotopic (exact) mass is 269 g/mol. The Balaban J connectivity index is 2.24. The van der Waals surface area contributed by atoms with E-state index in [4.69, 9.17) is 26.8 Å². The van der Waals surface area contributed by atoms with E-state index in [2.05, 4.69) is 0 Å². The number of rotatable bonds is 2. The smallest absolute Gasteiger partial charge is 0.404 e. The van der Waals surface area contributed by atoms with Crippen LogP contribution in [0.3, 0.4) is 0 Å². The first-order chi connectivity index (χ1) is 8.49. The minimum Gasteiger partial charge on any atom is -0.454 e. The minimum atomic E-state index is -0.900. The topological polar surface area (TPSA) is 78.6 Å². The van der Waals surface area contributed by atoms with Gasteiger partial charge in [-0.1, -0.05) is 17.7 Å². The Kier molecular flexibility index (Phi) is 3.43. The summed E-state index contributed by atoms with van der Waals surface area (Å²) in [4.78, 5) is 22.5. The molecule has 96 valence electrons. The van der Waals surface area contributed by atoms with Crippen LogP contribution in [0.2, 0.25) is 5.02 Å². The van der Waals surface area contributed by atoms with Crippen LogP contribution in [0.25, 0.3) is 0 Å². The number of carbonyl (C=O) groups is 2. The summed E-state index contributed by atoms with van der Waals surface area (Å²) < 4.78 is 10.0. The lowest BCUT2D eigenvalue weighted by Gasteiger charge is -2.28. The fourth-order valence-electron chi connectivity index (χ4n) is 1.92. The highest BCUT2D eigenvalue weighted by Crippen LogP contribution is 2.28. The van der Waals surface area contributed by atoms with E-state index in [1.807, 2.05) is 0 Å². The average molecular weight is 270 g/mol. The maximum atomic E-state index is 11.8. The van der Waals surface area contributed by atoms with E-state index in [1.54, 1.807) is 25.1 Å². The van der Waals surface area contributed by atoms with Gasteiger partial charge in [-0.05, 0) is 24.6 Å². The highest BCUT2D eigenvalue weighted by atomic mass is 35.5. The van der Waals surface area contributed by atoms with Crippen molar-refractivity contribution in [1.82, 2.24) is 0 Å². The minimum absolute atomic E-state index is 0.398. The Hall–Kier alpha value is -1.75. The number of amides is 1. The Labute approximate surface area is 109 Å². The lowest BCUT2D eigenvalue weighted by Crippen LogP contribution is -2.39. The van der Waals surface area contributed by atoms with E-state index in [0.29, 0.717) is 22.6 Å². The van der Waals surface area contributed by atoms with Gasteiger partial charge in [0.15, 0.2) is 0 Å². The molecule has 2 rings (SSSR count). The van der Waals surface area contributed by atoms with Crippen molar-refractivity contribution in [1.29, 1.82) is 0 Å². The molecule has 1 aliphatic rings. The molecule has 1 aromatic rings. The van der Waals surface area contributed by atoms with Crippen LogP contribution in [0.5, 0.6) is 0 Å². The number of benzene rings is 1. The second kappa shape index (κ2) is 4.86. The molecule has 6 heteroatoms. The fourth-order valence-corrected chi connectivity index (χ4v) is 2.17. The number of carbonyl (C=O) groups excluding carboxylic acids is 2. The van der Waals surface area contributed by atoms with Crippen LogP contribution < -0.4 is 5.73 Å². The number of nitrogens with two attached hydrogens (primary N) is 1. The van der Waals surface area contributed by atoms with Gasteiger partial charge in [0.2, 0.25) is 0 Å². The third-order valence-electron chi connectivity index (χ3n) is 2.83. The number of esters is 1. The van der Waals surface area contributed by atoms with E-state index in [1.165, 1.54) is 0 Å². The van der Waals surface area contributed by atoms with Gasteiger partial charge in [-0.25, -0.2) is 9.59 Å². The molecule has 0 bridgehead atoms. The molecule has 1 aliphatic heterocycles. The van der Waals surface area contributed by atoms with Crippen molar-refractivity contribution in [3.05, 3.63) is 34.3 Å². The first-order valence-corrected chi connectivity index (χ1v) is 5.81. The summed E-state index contributed by atoms with van der Waals surface area (Å²) in [5.74, 6) is -0.469. The molecular weight excluding hydrogens is 258 g/mol. The Morgan fingerprint density at radius 2 is 2.33 bits per heavy atom.